The summed E-state index contributed by atoms with van der Waals surface area (Å²) < 4.78 is 24.2. The van der Waals surface area contributed by atoms with E-state index >= 15 is 4.39 Å². The summed E-state index contributed by atoms with van der Waals surface area (Å²) in [7, 11) is 0. The number of rotatable bonds is 1. The van der Waals surface area contributed by atoms with Gasteiger partial charge >= 0.3 is 0 Å². The van der Waals surface area contributed by atoms with Crippen molar-refractivity contribution in [1.82, 2.24) is 9.58 Å². The maximum absolute atomic E-state index is 15.8. The Morgan fingerprint density at radius 3 is 2.89 bits per heavy atom. The first kappa shape index (κ1) is 21.9. The van der Waals surface area contributed by atoms with Gasteiger partial charge in [0.25, 0.3) is 5.91 Å². The fourth-order valence-corrected chi connectivity index (χ4v) is 7.83. The number of carbonyl (C=O) groups is 1. The average molecular weight is 522 g/mol. The molecular weight excluding hydrogens is 501 g/mol. The third-order valence-corrected chi connectivity index (χ3v) is 9.39. The number of halogens is 1. The Morgan fingerprint density at radius 2 is 2.00 bits per heavy atom. The molecule has 4 aromatic rings. The molecule has 3 aliphatic rings. The number of aromatic nitrogens is 1. The molecule has 7 rings (SSSR count). The number of hydrogen-bond acceptors (Lipinski definition) is 7. The summed E-state index contributed by atoms with van der Waals surface area (Å²) >= 11 is 3.32. The van der Waals surface area contributed by atoms with E-state index in [0.29, 0.717) is 24.5 Å². The van der Waals surface area contributed by atoms with Crippen LogP contribution in [0.2, 0.25) is 0 Å². The number of fused-ring (bicyclic) bond motifs is 6. The number of ether oxygens (including phenoxy) is 1. The van der Waals surface area contributed by atoms with Gasteiger partial charge in [0.1, 0.15) is 18.0 Å². The predicted molar refractivity (Wildman–Crippen MR) is 136 cm³/mol. The normalized spacial score (nSPS) is 21.0. The van der Waals surface area contributed by atoms with Crippen LogP contribution < -0.4 is 10.4 Å². The number of carbonyl (C=O) groups excluding carboxylic acids is 1. The lowest BCUT2D eigenvalue weighted by atomic mass is 9.92. The zero-order valence-electron chi connectivity index (χ0n) is 18.9. The summed E-state index contributed by atoms with van der Waals surface area (Å²) in [6.45, 7) is 0.846. The molecular formula is C26H20FN3O4S2. The molecule has 0 radical (unpaired) electrons. The van der Waals surface area contributed by atoms with Crippen molar-refractivity contribution in [1.29, 1.82) is 0 Å². The number of benzene rings is 2. The summed E-state index contributed by atoms with van der Waals surface area (Å²) in [6.07, 6.45) is 0.927. The van der Waals surface area contributed by atoms with Crippen LogP contribution in [0, 0.1) is 5.82 Å². The van der Waals surface area contributed by atoms with Gasteiger partial charge in [0.05, 0.1) is 13.2 Å². The van der Waals surface area contributed by atoms with Gasteiger partial charge in [-0.05, 0) is 34.0 Å². The topological polar surface area (TPSA) is 75.0 Å². The monoisotopic (exact) mass is 521 g/mol. The molecule has 5 heterocycles. The minimum Gasteiger partial charge on any atom is -0.502 e. The van der Waals surface area contributed by atoms with Crippen molar-refractivity contribution in [3.05, 3.63) is 92.5 Å². The SMILES string of the molecule is O=C1c2c(O)c(=O)ccn2N([C@@H]2c3ccc4ccsc4c3SCc3cccc(F)c32)[C@@H]2COCCN12. The van der Waals surface area contributed by atoms with Crippen LogP contribution in [0.25, 0.3) is 10.1 Å². The predicted octanol–water partition coefficient (Wildman–Crippen LogP) is 4.05. The van der Waals surface area contributed by atoms with E-state index in [0.717, 1.165) is 26.1 Å². The van der Waals surface area contributed by atoms with Gasteiger partial charge in [-0.1, -0.05) is 24.3 Å². The van der Waals surface area contributed by atoms with Gasteiger partial charge in [0.15, 0.2) is 11.4 Å². The Bertz CT molecular complexity index is 1620. The van der Waals surface area contributed by atoms with E-state index in [9.17, 15) is 14.7 Å². The minimum absolute atomic E-state index is 0.116. The quantitative estimate of drug-likeness (QED) is 0.407. The number of thiophene rings is 1. The second kappa shape index (κ2) is 8.09. The number of amides is 1. The molecule has 10 heteroatoms. The second-order valence-corrected chi connectivity index (χ2v) is 10.9. The van der Waals surface area contributed by atoms with Gasteiger partial charge in [0, 0.05) is 39.7 Å². The number of thioether (sulfide) groups is 1. The van der Waals surface area contributed by atoms with Gasteiger partial charge < -0.3 is 14.7 Å². The fraction of sp³-hybridized carbons (Fsp3) is 0.231. The molecule has 1 fully saturated rings. The molecule has 0 saturated carbocycles. The van der Waals surface area contributed by atoms with Crippen LogP contribution in [0.5, 0.6) is 5.75 Å². The maximum Gasteiger partial charge on any atom is 0.278 e. The summed E-state index contributed by atoms with van der Waals surface area (Å²) in [5, 5.41) is 15.8. The Hall–Kier alpha value is -3.34. The van der Waals surface area contributed by atoms with Crippen molar-refractivity contribution in [3.8, 4) is 5.75 Å². The molecule has 2 aromatic carbocycles. The average Bonchev–Trinajstić information content (AvgIpc) is 3.30. The van der Waals surface area contributed by atoms with Gasteiger partial charge in [0.2, 0.25) is 5.43 Å². The Labute approximate surface area is 213 Å². The molecule has 0 bridgehead atoms. The van der Waals surface area contributed by atoms with Crippen LogP contribution in [0.3, 0.4) is 0 Å². The molecule has 0 aliphatic carbocycles. The summed E-state index contributed by atoms with van der Waals surface area (Å²) in [5.74, 6) is -0.805. The largest absolute Gasteiger partial charge is 0.502 e. The van der Waals surface area contributed by atoms with Gasteiger partial charge in [-0.2, -0.15) is 0 Å². The van der Waals surface area contributed by atoms with Crippen LogP contribution in [-0.4, -0.2) is 46.5 Å². The lowest BCUT2D eigenvalue weighted by Crippen LogP contribution is -2.66. The van der Waals surface area contributed by atoms with Crippen LogP contribution >= 0.6 is 23.1 Å². The molecule has 1 N–H and O–H groups in total. The molecule has 182 valence electrons. The summed E-state index contributed by atoms with van der Waals surface area (Å²) in [6, 6.07) is 11.8. The van der Waals surface area contributed by atoms with Crippen molar-refractivity contribution >= 4 is 39.1 Å². The maximum atomic E-state index is 15.8. The van der Waals surface area contributed by atoms with Crippen molar-refractivity contribution in [2.24, 2.45) is 0 Å². The first-order chi connectivity index (χ1) is 17.5. The highest BCUT2D eigenvalue weighted by atomic mass is 32.2. The number of morpholine rings is 1. The van der Waals surface area contributed by atoms with Crippen LogP contribution in [0.15, 0.2) is 63.7 Å². The highest BCUT2D eigenvalue weighted by molar-refractivity contribution is 7.99. The standard InChI is InChI=1S/C26H20FN3O4S2/c27-17-3-1-2-15-13-36-25-16(5-4-14-7-11-35-24(14)25)21(20(15)17)30-19-12-34-10-9-28(19)26(33)22-23(32)18(31)6-8-29(22)30/h1-8,11,19,21,32H,9-10,12-13H2/t19-,21-/m1/s1. The molecule has 1 saturated heterocycles. The third-order valence-electron chi connectivity index (χ3n) is 7.13. The molecule has 0 spiro atoms. The van der Waals surface area contributed by atoms with E-state index in [1.807, 2.05) is 28.6 Å². The first-order valence-corrected chi connectivity index (χ1v) is 13.4. The van der Waals surface area contributed by atoms with Crippen molar-refractivity contribution < 1.29 is 19.0 Å². The van der Waals surface area contributed by atoms with Crippen LogP contribution in [0.1, 0.15) is 33.2 Å². The van der Waals surface area contributed by atoms with E-state index < -0.39 is 29.3 Å². The first-order valence-electron chi connectivity index (χ1n) is 11.6. The molecule has 36 heavy (non-hydrogen) atoms. The van der Waals surface area contributed by atoms with Crippen LogP contribution in [0.4, 0.5) is 4.39 Å². The molecule has 1 amide bonds. The second-order valence-electron chi connectivity index (χ2n) is 8.98. The smallest absolute Gasteiger partial charge is 0.278 e. The van der Waals surface area contributed by atoms with E-state index in [4.69, 9.17) is 4.74 Å². The minimum atomic E-state index is -0.638. The van der Waals surface area contributed by atoms with Crippen LogP contribution in [-0.2, 0) is 10.5 Å². The van der Waals surface area contributed by atoms with Gasteiger partial charge in [-0.3, -0.25) is 19.3 Å². The molecule has 3 aliphatic heterocycles. The van der Waals surface area contributed by atoms with Gasteiger partial charge in [-0.15, -0.1) is 23.1 Å². The number of pyridine rings is 1. The van der Waals surface area contributed by atoms with E-state index in [1.165, 1.54) is 23.0 Å². The Balaban J connectivity index is 1.57. The van der Waals surface area contributed by atoms with E-state index in [1.54, 1.807) is 34.1 Å². The lowest BCUT2D eigenvalue weighted by Gasteiger charge is -2.51. The van der Waals surface area contributed by atoms with Gasteiger partial charge in [-0.25, -0.2) is 4.39 Å². The zero-order chi connectivity index (χ0) is 24.6. The number of hydrogen-bond donors (Lipinski definition) is 1. The lowest BCUT2D eigenvalue weighted by molar-refractivity contribution is -0.0198. The summed E-state index contributed by atoms with van der Waals surface area (Å²) in [4.78, 5) is 28.5. The number of aromatic hydroxyl groups is 1. The van der Waals surface area contributed by atoms with E-state index in [-0.39, 0.29) is 18.1 Å². The van der Waals surface area contributed by atoms with Crippen molar-refractivity contribution in [2.45, 2.75) is 22.9 Å². The highest BCUT2D eigenvalue weighted by Gasteiger charge is 2.46. The van der Waals surface area contributed by atoms with Crippen molar-refractivity contribution in [2.75, 3.05) is 24.8 Å². The zero-order valence-corrected chi connectivity index (χ0v) is 20.5. The van der Waals surface area contributed by atoms with E-state index in [2.05, 4.69) is 6.07 Å². The Morgan fingerprint density at radius 1 is 1.11 bits per heavy atom. The number of nitrogens with zero attached hydrogens (tertiary/aromatic N) is 3. The molecule has 2 atom stereocenters. The molecule has 7 nitrogen and oxygen atoms in total. The fourth-order valence-electron chi connectivity index (χ4n) is 5.51. The highest BCUT2D eigenvalue weighted by Crippen LogP contribution is 2.48. The van der Waals surface area contributed by atoms with Crippen molar-refractivity contribution in [3.63, 3.8) is 0 Å². The molecule has 2 aromatic heterocycles. The molecule has 0 unspecified atom stereocenters. The Kier molecular flexibility index (Phi) is 4.92. The third kappa shape index (κ3) is 3.01. The summed E-state index contributed by atoms with van der Waals surface area (Å²) in [5.41, 5.74) is 1.53.